The van der Waals surface area contributed by atoms with Crippen molar-refractivity contribution in [2.45, 2.75) is 32.9 Å². The number of furan rings is 1. The summed E-state index contributed by atoms with van der Waals surface area (Å²) >= 11 is 9.11. The number of nitrogens with zero attached hydrogens (tertiary/aromatic N) is 2. The number of amides is 1. The average Bonchev–Trinajstić information content (AvgIpc) is 3.50. The monoisotopic (exact) mass is 592 g/mol. The van der Waals surface area contributed by atoms with E-state index in [1.54, 1.807) is 24.4 Å². The van der Waals surface area contributed by atoms with E-state index in [-0.39, 0.29) is 29.7 Å². The number of anilines is 2. The first kappa shape index (κ1) is 26.1. The van der Waals surface area contributed by atoms with Crippen LogP contribution in [0.5, 0.6) is 0 Å². The molecule has 6 nitrogen and oxygen atoms in total. The van der Waals surface area contributed by atoms with Gasteiger partial charge in [-0.15, -0.1) is 0 Å². The van der Waals surface area contributed by atoms with E-state index in [1.807, 2.05) is 68.1 Å². The molecule has 2 N–H and O–H groups in total. The molecular weight excluding hydrogens is 567 g/mol. The molecule has 1 saturated heterocycles. The van der Waals surface area contributed by atoms with Gasteiger partial charge in [0.2, 0.25) is 5.91 Å². The molecular formula is C29H26BrFN4O2S. The number of nitrogens with one attached hydrogen (secondary N) is 2. The molecule has 0 radical (unpaired) electrons. The Balaban J connectivity index is 1.56. The van der Waals surface area contributed by atoms with Crippen molar-refractivity contribution in [3.05, 3.63) is 100 Å². The highest BCUT2D eigenvalue weighted by atomic mass is 79.9. The lowest BCUT2D eigenvalue weighted by atomic mass is 10.0. The Morgan fingerprint density at radius 1 is 1.16 bits per heavy atom. The van der Waals surface area contributed by atoms with E-state index in [0.717, 1.165) is 22.6 Å². The third-order valence-electron chi connectivity index (χ3n) is 6.48. The summed E-state index contributed by atoms with van der Waals surface area (Å²) in [5, 5.41) is 6.89. The predicted octanol–water partition coefficient (Wildman–Crippen LogP) is 7.32. The Labute approximate surface area is 234 Å². The molecule has 0 saturated carbocycles. The summed E-state index contributed by atoms with van der Waals surface area (Å²) in [5.41, 5.74) is 3.65. The molecule has 2 aromatic carbocycles. The van der Waals surface area contributed by atoms with Crippen LogP contribution in [0.1, 0.15) is 42.9 Å². The van der Waals surface area contributed by atoms with Gasteiger partial charge in [0.1, 0.15) is 23.4 Å². The van der Waals surface area contributed by atoms with E-state index < -0.39 is 0 Å². The molecule has 4 aromatic rings. The number of aryl methyl sites for hydroxylation is 1. The highest BCUT2D eigenvalue weighted by molar-refractivity contribution is 9.10. The van der Waals surface area contributed by atoms with Gasteiger partial charge in [0, 0.05) is 28.0 Å². The Hall–Kier alpha value is -3.56. The fraction of sp³-hybridized carbons (Fsp3) is 0.207. The SMILES string of the molecule is Cc1cc(N2C(=S)N[C@H](c3ccccn3)[C@H]2c2ccc(-c3ccc(Br)cc3F)o2)ccc1NC(=O)C(C)C. The van der Waals surface area contributed by atoms with Crippen LogP contribution in [0.2, 0.25) is 0 Å². The number of hydrogen-bond acceptors (Lipinski definition) is 4. The zero-order chi connectivity index (χ0) is 27.0. The minimum Gasteiger partial charge on any atom is -0.459 e. The lowest BCUT2D eigenvalue weighted by molar-refractivity contribution is -0.118. The maximum absolute atomic E-state index is 14.7. The number of thiocarbonyl (C=S) groups is 1. The van der Waals surface area contributed by atoms with Gasteiger partial charge in [0.05, 0.1) is 17.3 Å². The molecule has 38 heavy (non-hydrogen) atoms. The number of carbonyl (C=O) groups is 1. The minimum absolute atomic E-state index is 0.0457. The lowest BCUT2D eigenvalue weighted by Gasteiger charge is -2.27. The number of halogens is 2. The second-order valence-corrected chi connectivity index (χ2v) is 10.8. The number of pyridine rings is 1. The molecule has 9 heteroatoms. The first-order valence-corrected chi connectivity index (χ1v) is 13.4. The number of rotatable bonds is 6. The maximum atomic E-state index is 14.7. The Kier molecular flexibility index (Phi) is 7.32. The first-order valence-electron chi connectivity index (χ1n) is 12.2. The van der Waals surface area contributed by atoms with Crippen LogP contribution >= 0.6 is 28.1 Å². The molecule has 1 fully saturated rings. The molecule has 0 spiro atoms. The first-order chi connectivity index (χ1) is 18.2. The normalized spacial score (nSPS) is 17.1. The highest BCUT2D eigenvalue weighted by Gasteiger charge is 2.42. The van der Waals surface area contributed by atoms with Gasteiger partial charge in [-0.05, 0) is 85.4 Å². The van der Waals surface area contributed by atoms with Crippen LogP contribution in [0.4, 0.5) is 15.8 Å². The molecule has 2 aromatic heterocycles. The van der Waals surface area contributed by atoms with Gasteiger partial charge in [-0.25, -0.2) is 4.39 Å². The quantitative estimate of drug-likeness (QED) is 0.228. The van der Waals surface area contributed by atoms with Crippen LogP contribution in [-0.4, -0.2) is 16.0 Å². The van der Waals surface area contributed by atoms with E-state index >= 15 is 0 Å². The van der Waals surface area contributed by atoms with Gasteiger partial charge in [-0.3, -0.25) is 9.78 Å². The van der Waals surface area contributed by atoms with Crippen molar-refractivity contribution in [2.75, 3.05) is 10.2 Å². The molecule has 0 aliphatic carbocycles. The van der Waals surface area contributed by atoms with Crippen LogP contribution in [0.25, 0.3) is 11.3 Å². The second kappa shape index (κ2) is 10.7. The van der Waals surface area contributed by atoms with E-state index in [9.17, 15) is 9.18 Å². The zero-order valence-corrected chi connectivity index (χ0v) is 23.4. The Bertz CT molecular complexity index is 1510. The van der Waals surface area contributed by atoms with Crippen molar-refractivity contribution >= 4 is 50.5 Å². The van der Waals surface area contributed by atoms with Crippen molar-refractivity contribution in [1.29, 1.82) is 0 Å². The van der Waals surface area contributed by atoms with Gasteiger partial charge in [-0.1, -0.05) is 35.8 Å². The third kappa shape index (κ3) is 5.08. The summed E-state index contributed by atoms with van der Waals surface area (Å²) in [6.45, 7) is 5.65. The minimum atomic E-state index is -0.389. The van der Waals surface area contributed by atoms with E-state index in [4.69, 9.17) is 16.6 Å². The molecule has 5 rings (SSSR count). The fourth-order valence-electron chi connectivity index (χ4n) is 4.48. The number of aromatic nitrogens is 1. The molecule has 3 heterocycles. The molecule has 2 atom stereocenters. The summed E-state index contributed by atoms with van der Waals surface area (Å²) in [7, 11) is 0. The van der Waals surface area contributed by atoms with Crippen LogP contribution in [0.15, 0.2) is 81.8 Å². The van der Waals surface area contributed by atoms with E-state index in [1.165, 1.54) is 6.07 Å². The second-order valence-electron chi connectivity index (χ2n) is 9.47. The summed E-state index contributed by atoms with van der Waals surface area (Å²) in [6, 6.07) is 19.3. The fourth-order valence-corrected chi connectivity index (χ4v) is 5.16. The van der Waals surface area contributed by atoms with Crippen molar-refractivity contribution in [2.24, 2.45) is 5.92 Å². The summed E-state index contributed by atoms with van der Waals surface area (Å²) in [5.74, 6) is 0.478. The molecule has 0 unspecified atom stereocenters. The van der Waals surface area contributed by atoms with Crippen LogP contribution in [0.3, 0.4) is 0 Å². The van der Waals surface area contributed by atoms with Crippen LogP contribution < -0.4 is 15.5 Å². The largest absolute Gasteiger partial charge is 0.459 e. The smallest absolute Gasteiger partial charge is 0.226 e. The molecule has 0 bridgehead atoms. The molecule has 194 valence electrons. The van der Waals surface area contributed by atoms with Gasteiger partial charge in [0.25, 0.3) is 0 Å². The molecule has 1 amide bonds. The average molecular weight is 594 g/mol. The number of hydrogen-bond donors (Lipinski definition) is 2. The van der Waals surface area contributed by atoms with E-state index in [0.29, 0.717) is 26.7 Å². The molecule has 1 aliphatic rings. The zero-order valence-electron chi connectivity index (χ0n) is 21.0. The Morgan fingerprint density at radius 2 is 1.97 bits per heavy atom. The van der Waals surface area contributed by atoms with Crippen LogP contribution in [-0.2, 0) is 4.79 Å². The van der Waals surface area contributed by atoms with Crippen molar-refractivity contribution in [3.63, 3.8) is 0 Å². The predicted molar refractivity (Wildman–Crippen MR) is 154 cm³/mol. The highest BCUT2D eigenvalue weighted by Crippen LogP contribution is 2.43. The summed E-state index contributed by atoms with van der Waals surface area (Å²) in [6.07, 6.45) is 1.74. The summed E-state index contributed by atoms with van der Waals surface area (Å²) in [4.78, 5) is 18.8. The van der Waals surface area contributed by atoms with Gasteiger partial charge >= 0.3 is 0 Å². The van der Waals surface area contributed by atoms with Crippen molar-refractivity contribution in [3.8, 4) is 11.3 Å². The third-order valence-corrected chi connectivity index (χ3v) is 7.29. The maximum Gasteiger partial charge on any atom is 0.226 e. The standard InChI is InChI=1S/C29H26BrFN4O2S/c1-16(2)28(36)33-22-10-8-19(14-17(22)3)35-27(26(34-29(35)38)23-6-4-5-13-32-23)25-12-11-24(37-25)20-9-7-18(30)15-21(20)31/h4-16,26-27H,1-3H3,(H,33,36)(H,34,38)/t26-,27-/m1/s1. The number of carbonyl (C=O) groups excluding carboxylic acids is 1. The Morgan fingerprint density at radius 3 is 2.66 bits per heavy atom. The topological polar surface area (TPSA) is 70.4 Å². The van der Waals surface area contributed by atoms with E-state index in [2.05, 4.69) is 31.5 Å². The van der Waals surface area contributed by atoms with Gasteiger partial charge < -0.3 is 20.0 Å². The van der Waals surface area contributed by atoms with Crippen molar-refractivity contribution in [1.82, 2.24) is 10.3 Å². The van der Waals surface area contributed by atoms with Crippen molar-refractivity contribution < 1.29 is 13.6 Å². The molecule has 1 aliphatic heterocycles. The summed E-state index contributed by atoms with van der Waals surface area (Å²) < 4.78 is 21.6. The van der Waals surface area contributed by atoms with Gasteiger partial charge in [0.15, 0.2) is 5.11 Å². The van der Waals surface area contributed by atoms with Crippen LogP contribution in [0, 0.1) is 18.7 Å². The van der Waals surface area contributed by atoms with Gasteiger partial charge in [-0.2, -0.15) is 0 Å². The number of benzene rings is 2. The lowest BCUT2D eigenvalue weighted by Crippen LogP contribution is -2.29.